The summed E-state index contributed by atoms with van der Waals surface area (Å²) in [7, 11) is 0. The number of carbonyl (C=O) groups is 1. The minimum Gasteiger partial charge on any atom is -0.478 e. The summed E-state index contributed by atoms with van der Waals surface area (Å²) in [6, 6.07) is 0. The Bertz CT molecular complexity index is 64.0. The molecule has 0 saturated carbocycles. The van der Waals surface area contributed by atoms with Crippen LogP contribution in [0, 0.1) is 0 Å². The molecule has 4 heteroatoms. The van der Waals surface area contributed by atoms with Gasteiger partial charge in [-0.1, -0.05) is 6.58 Å². The van der Waals surface area contributed by atoms with E-state index < -0.39 is 5.97 Å². The molecule has 0 aliphatic heterocycles. The monoisotopic (exact) mass is 164 g/mol. The van der Waals surface area contributed by atoms with Crippen molar-refractivity contribution < 1.29 is 27.0 Å². The summed E-state index contributed by atoms with van der Waals surface area (Å²) in [5.41, 5.74) is 0. The van der Waals surface area contributed by atoms with Gasteiger partial charge in [0.05, 0.1) is 0 Å². The Hall–Kier alpha value is 0.0195. The Balaban J connectivity index is -0.0000000800. The second-order valence-corrected chi connectivity index (χ2v) is 0.542. The molecule has 0 unspecified atom stereocenters. The van der Waals surface area contributed by atoms with Crippen molar-refractivity contribution in [3.8, 4) is 0 Å². The van der Waals surface area contributed by atoms with Crippen molar-refractivity contribution in [3.05, 3.63) is 12.7 Å². The zero-order valence-corrected chi connectivity index (χ0v) is 5.32. The zero-order valence-electron chi connectivity index (χ0n) is 3.40. The molecule has 1 N–H and O–H groups in total. The molecule has 0 radical (unpaired) electrons. The molecule has 0 aromatic rings. The van der Waals surface area contributed by atoms with E-state index in [-0.39, 0.29) is 29.5 Å². The Labute approximate surface area is 58.5 Å². The van der Waals surface area contributed by atoms with Crippen LogP contribution in [0.1, 0.15) is 0 Å². The molecule has 0 aromatic carbocycles. The van der Waals surface area contributed by atoms with E-state index in [4.69, 9.17) is 5.11 Å². The fraction of sp³-hybridized carbons (Fsp3) is 0. The van der Waals surface area contributed by atoms with Gasteiger partial charge >= 0.3 is 5.97 Å². The molecular formula is C3H5ClFeO2. The van der Waals surface area contributed by atoms with Crippen molar-refractivity contribution in [1.82, 2.24) is 0 Å². The summed E-state index contributed by atoms with van der Waals surface area (Å²) >= 11 is 0. The van der Waals surface area contributed by atoms with E-state index in [0.717, 1.165) is 6.08 Å². The third-order valence-electron chi connectivity index (χ3n) is 0.175. The van der Waals surface area contributed by atoms with E-state index in [1.54, 1.807) is 0 Å². The van der Waals surface area contributed by atoms with Gasteiger partial charge in [0.2, 0.25) is 0 Å². The second-order valence-electron chi connectivity index (χ2n) is 0.542. The number of carboxylic acids is 1. The molecular weight excluding hydrogens is 159 g/mol. The summed E-state index contributed by atoms with van der Waals surface area (Å²) in [5.74, 6) is -0.981. The molecule has 44 valence electrons. The molecule has 0 rings (SSSR count). The van der Waals surface area contributed by atoms with Crippen LogP contribution in [0.4, 0.5) is 0 Å². The van der Waals surface area contributed by atoms with Gasteiger partial charge in [0.15, 0.2) is 0 Å². The summed E-state index contributed by atoms with van der Waals surface area (Å²) in [5, 5.41) is 7.60. The van der Waals surface area contributed by atoms with Crippen LogP contribution < -0.4 is 0 Å². The zero-order chi connectivity index (χ0) is 4.28. The van der Waals surface area contributed by atoms with E-state index in [2.05, 4.69) is 6.58 Å². The molecule has 0 aromatic heterocycles. The standard InChI is InChI=1S/C3H4O2.ClH.Fe/c1-2-3(4)5;;/h2H,1H2,(H,4,5);1H;. The molecule has 0 fully saturated rings. The van der Waals surface area contributed by atoms with Gasteiger partial charge in [0, 0.05) is 23.1 Å². The molecule has 0 saturated heterocycles. The molecule has 2 nitrogen and oxygen atoms in total. The Morgan fingerprint density at radius 2 is 1.86 bits per heavy atom. The summed E-state index contributed by atoms with van der Waals surface area (Å²) in [6.07, 6.45) is 0.833. The van der Waals surface area contributed by atoms with Gasteiger partial charge in [-0.05, 0) is 0 Å². The van der Waals surface area contributed by atoms with Gasteiger partial charge < -0.3 is 5.11 Å². The number of aliphatic carboxylic acids is 1. The number of carboxylic acid groups (broad SMARTS) is 1. The van der Waals surface area contributed by atoms with Crippen molar-refractivity contribution in [2.75, 3.05) is 0 Å². The first-order valence-electron chi connectivity index (χ1n) is 1.12. The first-order chi connectivity index (χ1) is 2.27. The number of hydrogen-bond donors (Lipinski definition) is 1. The Kier molecular flexibility index (Phi) is 21.1. The predicted molar refractivity (Wildman–Crippen MR) is 25.1 cm³/mol. The third kappa shape index (κ3) is 23.8. The van der Waals surface area contributed by atoms with E-state index in [1.807, 2.05) is 0 Å². The summed E-state index contributed by atoms with van der Waals surface area (Å²) in [6.45, 7) is 2.96. The van der Waals surface area contributed by atoms with Gasteiger partial charge in [0.25, 0.3) is 0 Å². The fourth-order valence-electron chi connectivity index (χ4n) is 0. The summed E-state index contributed by atoms with van der Waals surface area (Å²) < 4.78 is 0. The summed E-state index contributed by atoms with van der Waals surface area (Å²) in [4.78, 5) is 9.25. The van der Waals surface area contributed by atoms with Crippen molar-refractivity contribution in [1.29, 1.82) is 0 Å². The van der Waals surface area contributed by atoms with Crippen LogP contribution >= 0.6 is 12.4 Å². The second kappa shape index (κ2) is 9.39. The average Bonchev–Trinajstić information content (AvgIpc) is 1.38. The molecule has 0 spiro atoms. The van der Waals surface area contributed by atoms with E-state index in [1.165, 1.54) is 0 Å². The minimum atomic E-state index is -0.981. The molecule has 0 atom stereocenters. The Morgan fingerprint density at radius 1 is 1.71 bits per heavy atom. The van der Waals surface area contributed by atoms with Crippen molar-refractivity contribution in [2.45, 2.75) is 0 Å². The number of rotatable bonds is 1. The fourth-order valence-corrected chi connectivity index (χ4v) is 0. The van der Waals surface area contributed by atoms with E-state index >= 15 is 0 Å². The molecule has 0 amide bonds. The van der Waals surface area contributed by atoms with Crippen molar-refractivity contribution in [3.63, 3.8) is 0 Å². The van der Waals surface area contributed by atoms with Crippen LogP contribution in [0.15, 0.2) is 12.7 Å². The van der Waals surface area contributed by atoms with Crippen LogP contribution in [0.3, 0.4) is 0 Å². The average molecular weight is 164 g/mol. The minimum absolute atomic E-state index is 0. The maximum atomic E-state index is 9.25. The van der Waals surface area contributed by atoms with Gasteiger partial charge in [0.1, 0.15) is 0 Å². The predicted octanol–water partition coefficient (Wildman–Crippen LogP) is 0.676. The van der Waals surface area contributed by atoms with E-state index in [9.17, 15) is 4.79 Å². The van der Waals surface area contributed by atoms with Gasteiger partial charge in [-0.2, -0.15) is 0 Å². The van der Waals surface area contributed by atoms with Crippen molar-refractivity contribution in [2.24, 2.45) is 0 Å². The topological polar surface area (TPSA) is 37.3 Å². The smallest absolute Gasteiger partial charge is 0.327 e. The van der Waals surface area contributed by atoms with Crippen LogP contribution in [0.25, 0.3) is 0 Å². The first-order valence-corrected chi connectivity index (χ1v) is 1.12. The third-order valence-corrected chi connectivity index (χ3v) is 0.175. The number of halogens is 1. The van der Waals surface area contributed by atoms with Crippen LogP contribution in [-0.4, -0.2) is 11.1 Å². The van der Waals surface area contributed by atoms with Gasteiger partial charge in [-0.3, -0.25) is 0 Å². The van der Waals surface area contributed by atoms with Crippen LogP contribution in [0.5, 0.6) is 0 Å². The van der Waals surface area contributed by atoms with Crippen LogP contribution in [0.2, 0.25) is 0 Å². The quantitative estimate of drug-likeness (QED) is 0.457. The van der Waals surface area contributed by atoms with E-state index in [0.29, 0.717) is 0 Å². The largest absolute Gasteiger partial charge is 0.478 e. The molecule has 0 aliphatic carbocycles. The molecule has 0 aliphatic rings. The SMILES string of the molecule is C=CC(=O)O.Cl.[Fe]. The molecule has 0 heterocycles. The maximum absolute atomic E-state index is 9.25. The molecule has 0 bridgehead atoms. The normalized spacial score (nSPS) is 4.57. The maximum Gasteiger partial charge on any atom is 0.327 e. The Morgan fingerprint density at radius 3 is 1.86 bits per heavy atom. The van der Waals surface area contributed by atoms with Gasteiger partial charge in [-0.25, -0.2) is 4.79 Å². The molecule has 7 heavy (non-hydrogen) atoms. The first kappa shape index (κ1) is 15.7. The van der Waals surface area contributed by atoms with Crippen molar-refractivity contribution >= 4 is 18.4 Å². The van der Waals surface area contributed by atoms with Crippen LogP contribution in [-0.2, 0) is 21.9 Å². The number of hydrogen-bond acceptors (Lipinski definition) is 1. The van der Waals surface area contributed by atoms with Gasteiger partial charge in [-0.15, -0.1) is 12.4 Å².